The van der Waals surface area contributed by atoms with Gasteiger partial charge in [-0.05, 0) is 105 Å². The molecule has 426 valence electrons. The summed E-state index contributed by atoms with van der Waals surface area (Å²) in [5.74, 6) is -2.89. The molecule has 75 heavy (non-hydrogen) atoms. The van der Waals surface area contributed by atoms with Crippen molar-refractivity contribution >= 4 is 11.7 Å². The van der Waals surface area contributed by atoms with E-state index >= 15 is 0 Å². The molecule has 5 rings (SSSR count). The summed E-state index contributed by atoms with van der Waals surface area (Å²) in [6.45, 7) is 17.9. The molecule has 20 atom stereocenters. The van der Waals surface area contributed by atoms with Crippen LogP contribution in [0.4, 0.5) is 10.1 Å². The number of cyclic esters (lactones) is 1. The zero-order chi connectivity index (χ0) is 55.7. The summed E-state index contributed by atoms with van der Waals surface area (Å²) in [5, 5.41) is 80.6. The molecule has 0 aliphatic carbocycles. The Morgan fingerprint density at radius 2 is 1.69 bits per heavy atom. The van der Waals surface area contributed by atoms with Gasteiger partial charge in [0, 0.05) is 76.6 Å². The molecule has 0 bridgehead atoms. The molecular formula is C54H90FN7O13. The highest BCUT2D eigenvalue weighted by molar-refractivity contribution is 5.73. The monoisotopic (exact) mass is 1060 g/mol. The number of aliphatic hydroxyl groups is 5. The first-order valence-corrected chi connectivity index (χ1v) is 26.7. The fraction of sp³-hybridized carbons (Fsp3) is 0.815. The Hall–Kier alpha value is -3.47. The molecule has 6 N–H and O–H groups in total. The van der Waals surface area contributed by atoms with Crippen LogP contribution in [-0.4, -0.2) is 201 Å². The Kier molecular flexibility index (Phi) is 22.4. The minimum absolute atomic E-state index is 0.0802. The number of carbonyl (C=O) groups excluding carboxylic acids is 1. The second-order valence-electron chi connectivity index (χ2n) is 22.5. The fourth-order valence-corrected chi connectivity index (χ4v) is 11.6. The molecule has 0 saturated carbocycles. The Balaban J connectivity index is 1.42. The molecule has 3 fully saturated rings. The number of hydrogen-bond donors (Lipinski definition) is 6. The van der Waals surface area contributed by atoms with E-state index in [-0.39, 0.29) is 25.2 Å². The molecule has 1 aromatic carbocycles. The van der Waals surface area contributed by atoms with E-state index in [1.54, 1.807) is 54.7 Å². The molecule has 4 heterocycles. The fourth-order valence-electron chi connectivity index (χ4n) is 11.6. The number of esters is 1. The number of aromatic nitrogens is 3. The van der Waals surface area contributed by atoms with Gasteiger partial charge in [-0.2, -0.15) is 5.26 Å². The van der Waals surface area contributed by atoms with Crippen LogP contribution in [0.5, 0.6) is 0 Å². The first-order valence-electron chi connectivity index (χ1n) is 26.7. The van der Waals surface area contributed by atoms with Gasteiger partial charge in [-0.15, -0.1) is 5.10 Å². The number of hydrogen-bond acceptors (Lipinski definition) is 19. The summed E-state index contributed by atoms with van der Waals surface area (Å²) in [4.78, 5) is 18.4. The van der Waals surface area contributed by atoms with Crippen molar-refractivity contribution in [2.24, 2.45) is 17.8 Å². The SMILES string of the molecule is CC[C@H]1OC(=O)[C@H](C)[C@@H](O[C@H]2C[C@@](C)(OC)[C@@H](O)[C@H](C)O2)[C@H](C)[C@@H](O[C@@H]2O[C@H](C)C[C@H](N(C)CCc3cn([C@@H](CF)[C@H](OC)c4ccc(NCCC#N)cc4)nn3)[C@H]2O)[C@](C)(O)C[C@@H](C)CN(C)[C@H](C)[C@@H](O)[C@]1(C)O. The van der Waals surface area contributed by atoms with Crippen LogP contribution >= 0.6 is 0 Å². The van der Waals surface area contributed by atoms with Crippen molar-refractivity contribution in [2.45, 2.75) is 210 Å². The Morgan fingerprint density at radius 3 is 2.31 bits per heavy atom. The minimum Gasteiger partial charge on any atom is -0.459 e. The van der Waals surface area contributed by atoms with E-state index in [0.29, 0.717) is 44.6 Å². The molecule has 1 aromatic heterocycles. The van der Waals surface area contributed by atoms with Crippen LogP contribution in [0.15, 0.2) is 30.5 Å². The smallest absolute Gasteiger partial charge is 0.311 e. The molecule has 0 amide bonds. The van der Waals surface area contributed by atoms with E-state index in [0.717, 1.165) is 11.3 Å². The number of benzene rings is 1. The third-order valence-electron chi connectivity index (χ3n) is 16.3. The van der Waals surface area contributed by atoms with Crippen LogP contribution in [0.25, 0.3) is 0 Å². The number of aliphatic hydroxyl groups excluding tert-OH is 3. The number of halogens is 1. The summed E-state index contributed by atoms with van der Waals surface area (Å²) in [7, 11) is 6.71. The van der Waals surface area contributed by atoms with E-state index in [1.807, 2.05) is 62.0 Å². The molecule has 3 aliphatic heterocycles. The normalized spacial score (nSPS) is 38.7. The summed E-state index contributed by atoms with van der Waals surface area (Å²) in [5.41, 5.74) is -2.43. The van der Waals surface area contributed by atoms with Gasteiger partial charge in [0.05, 0.1) is 59.7 Å². The number of anilines is 1. The minimum atomic E-state index is -1.86. The number of methoxy groups -OCH3 is 2. The molecule has 21 heteroatoms. The van der Waals surface area contributed by atoms with Gasteiger partial charge in [-0.25, -0.2) is 9.07 Å². The first-order chi connectivity index (χ1) is 35.3. The highest BCUT2D eigenvalue weighted by Gasteiger charge is 2.53. The average Bonchev–Trinajstić information content (AvgIpc) is 3.84. The number of nitriles is 1. The molecule has 0 spiro atoms. The number of ether oxygens (including phenoxy) is 7. The summed E-state index contributed by atoms with van der Waals surface area (Å²) in [6.07, 6.45) is -7.73. The zero-order valence-corrected chi connectivity index (χ0v) is 46.8. The molecule has 20 nitrogen and oxygen atoms in total. The van der Waals surface area contributed by atoms with Crippen LogP contribution in [-0.2, 0) is 44.4 Å². The van der Waals surface area contributed by atoms with Gasteiger partial charge in [0.2, 0.25) is 0 Å². The zero-order valence-electron chi connectivity index (χ0n) is 46.8. The van der Waals surface area contributed by atoms with Crippen molar-refractivity contribution in [3.05, 3.63) is 41.7 Å². The van der Waals surface area contributed by atoms with Gasteiger partial charge in [0.25, 0.3) is 0 Å². The van der Waals surface area contributed by atoms with Gasteiger partial charge in [0.15, 0.2) is 12.6 Å². The lowest BCUT2D eigenvalue weighted by Gasteiger charge is -2.49. The first kappa shape index (κ1) is 62.4. The standard InChI is InChI=1S/C54H90FN7O13/c1-15-42-54(10,68)47(64)35(6)61(12)29-31(2)26-52(8,67)49(33(4)45(34(5)50(66)73-42)74-43-27-53(9,70-14)48(65)36(7)72-43)75-51-44(63)40(25-32(3)71-51)60(11)24-21-39-30-62(59-58-39)41(28-55)46(69-13)37-17-19-38(20-18-37)57-23-16-22-56/h17-20,30-36,40-49,51,57,63-65,67-68H,15-16,21,23-29H2,1-14H3/t31-,32-,33+,34-,35-,36+,40+,41+,42-,43+,44-,45+,46-,47-,48+,49-,51+,52-,53-,54-/m1/s1. The molecule has 3 aliphatic rings. The largest absolute Gasteiger partial charge is 0.459 e. The topological polar surface area (TPSA) is 256 Å². The average molecular weight is 1060 g/mol. The van der Waals surface area contributed by atoms with E-state index in [4.69, 9.17) is 38.4 Å². The highest BCUT2D eigenvalue weighted by Crippen LogP contribution is 2.41. The molecule has 3 saturated heterocycles. The highest BCUT2D eigenvalue weighted by atomic mass is 19.1. The number of alkyl halides is 1. The van der Waals surface area contributed by atoms with Crippen molar-refractivity contribution in [1.82, 2.24) is 24.8 Å². The van der Waals surface area contributed by atoms with Crippen LogP contribution in [0.2, 0.25) is 0 Å². The lowest BCUT2D eigenvalue weighted by atomic mass is 9.77. The van der Waals surface area contributed by atoms with Gasteiger partial charge in [-0.1, -0.05) is 38.1 Å². The van der Waals surface area contributed by atoms with Crippen molar-refractivity contribution < 1.29 is 67.9 Å². The van der Waals surface area contributed by atoms with Crippen LogP contribution in [0.1, 0.15) is 125 Å². The van der Waals surface area contributed by atoms with Gasteiger partial charge in [-0.3, -0.25) is 4.79 Å². The van der Waals surface area contributed by atoms with E-state index in [2.05, 4.69) is 21.7 Å². The van der Waals surface area contributed by atoms with Gasteiger partial charge in [0.1, 0.15) is 48.8 Å². The second kappa shape index (κ2) is 26.9. The molecule has 0 radical (unpaired) electrons. The van der Waals surface area contributed by atoms with Crippen LogP contribution in [0.3, 0.4) is 0 Å². The number of nitrogens with one attached hydrogen (secondary N) is 1. The van der Waals surface area contributed by atoms with Crippen molar-refractivity contribution in [2.75, 3.05) is 59.9 Å². The van der Waals surface area contributed by atoms with Crippen molar-refractivity contribution in [3.63, 3.8) is 0 Å². The third kappa shape index (κ3) is 15.0. The van der Waals surface area contributed by atoms with Crippen molar-refractivity contribution in [1.29, 1.82) is 5.26 Å². The van der Waals surface area contributed by atoms with E-state index in [1.165, 1.54) is 25.8 Å². The maximum Gasteiger partial charge on any atom is 0.311 e. The third-order valence-corrected chi connectivity index (χ3v) is 16.3. The van der Waals surface area contributed by atoms with E-state index < -0.39 is 127 Å². The maximum absolute atomic E-state index is 14.8. The van der Waals surface area contributed by atoms with Gasteiger partial charge >= 0.3 is 5.97 Å². The van der Waals surface area contributed by atoms with Crippen LogP contribution < -0.4 is 5.32 Å². The number of nitrogens with zero attached hydrogens (tertiary/aromatic N) is 6. The lowest BCUT2D eigenvalue weighted by Crippen LogP contribution is -2.61. The number of rotatable bonds is 18. The molecular weight excluding hydrogens is 974 g/mol. The van der Waals surface area contributed by atoms with Gasteiger partial charge < -0.3 is 73.8 Å². The summed E-state index contributed by atoms with van der Waals surface area (Å²) >= 11 is 0. The lowest BCUT2D eigenvalue weighted by molar-refractivity contribution is -0.318. The maximum atomic E-state index is 14.8. The Bertz CT molecular complexity index is 2120. The number of likely N-dealkylation sites (N-methyl/N-ethyl adjacent to an activating group) is 2. The van der Waals surface area contributed by atoms with Crippen molar-refractivity contribution in [3.8, 4) is 6.07 Å². The predicted molar refractivity (Wildman–Crippen MR) is 277 cm³/mol. The Labute approximate surface area is 444 Å². The summed E-state index contributed by atoms with van der Waals surface area (Å²) in [6, 6.07) is 7.62. The van der Waals surface area contributed by atoms with Crippen LogP contribution in [0, 0.1) is 29.1 Å². The quantitative estimate of drug-likeness (QED) is 0.0897. The molecule has 0 unspecified atom stereocenters. The molecule has 2 aromatic rings. The summed E-state index contributed by atoms with van der Waals surface area (Å²) < 4.78 is 60.4. The second-order valence-corrected chi connectivity index (χ2v) is 22.5. The number of carbonyl (C=O) groups is 1. The Morgan fingerprint density at radius 1 is 1.01 bits per heavy atom. The predicted octanol–water partition coefficient (Wildman–Crippen LogP) is 4.33. The van der Waals surface area contributed by atoms with E-state index in [9.17, 15) is 34.7 Å².